The molecule has 0 spiro atoms. The first-order valence-electron chi connectivity index (χ1n) is 7.61. The van der Waals surface area contributed by atoms with E-state index in [0.717, 1.165) is 5.69 Å². The smallest absolute Gasteiger partial charge is 0.262 e. The second-order valence-corrected chi connectivity index (χ2v) is 5.41. The van der Waals surface area contributed by atoms with Crippen LogP contribution >= 0.6 is 0 Å². The number of aromatic nitrogens is 2. The minimum Gasteiger partial charge on any atom is -0.495 e. The van der Waals surface area contributed by atoms with Crippen molar-refractivity contribution in [3.05, 3.63) is 72.3 Å². The lowest BCUT2D eigenvalue weighted by Crippen LogP contribution is -2.43. The van der Waals surface area contributed by atoms with Gasteiger partial charge in [0.1, 0.15) is 11.6 Å². The number of para-hydroxylation sites is 3. The Morgan fingerprint density at radius 2 is 1.92 bits per heavy atom. The van der Waals surface area contributed by atoms with Gasteiger partial charge in [-0.3, -0.25) is 9.69 Å². The zero-order valence-electron chi connectivity index (χ0n) is 13.1. The first-order chi connectivity index (χ1) is 11.8. The molecule has 0 saturated heterocycles. The van der Waals surface area contributed by atoms with Crippen molar-refractivity contribution in [2.24, 2.45) is 0 Å². The van der Waals surface area contributed by atoms with Crippen LogP contribution in [-0.2, 0) is 0 Å². The van der Waals surface area contributed by atoms with E-state index in [0.29, 0.717) is 22.8 Å². The number of fused-ring (bicyclic) bond motifs is 1. The summed E-state index contributed by atoms with van der Waals surface area (Å²) in [6, 6.07) is 14.9. The number of anilines is 2. The van der Waals surface area contributed by atoms with Crippen LogP contribution in [0.25, 0.3) is 0 Å². The molecule has 6 nitrogen and oxygen atoms in total. The molecule has 24 heavy (non-hydrogen) atoms. The number of hydrogen-bond acceptors (Lipinski definition) is 4. The van der Waals surface area contributed by atoms with Crippen molar-refractivity contribution in [2.45, 2.75) is 6.17 Å². The highest BCUT2D eigenvalue weighted by atomic mass is 16.5. The first kappa shape index (κ1) is 14.3. The number of ether oxygens (including phenoxy) is 1. The van der Waals surface area contributed by atoms with E-state index in [2.05, 4.69) is 15.3 Å². The lowest BCUT2D eigenvalue weighted by Gasteiger charge is -2.37. The molecule has 1 aliphatic heterocycles. The van der Waals surface area contributed by atoms with Crippen molar-refractivity contribution in [3.63, 3.8) is 0 Å². The molecule has 0 radical (unpaired) electrons. The van der Waals surface area contributed by atoms with Crippen LogP contribution in [0.15, 0.2) is 60.9 Å². The van der Waals surface area contributed by atoms with Gasteiger partial charge in [0.25, 0.3) is 5.91 Å². The molecular formula is C18H16N4O2. The number of aromatic amines is 1. The Labute approximate surface area is 139 Å². The van der Waals surface area contributed by atoms with Crippen LogP contribution in [0.4, 0.5) is 11.4 Å². The fourth-order valence-electron chi connectivity index (χ4n) is 2.95. The summed E-state index contributed by atoms with van der Waals surface area (Å²) in [6.45, 7) is 0. The number of hydrogen-bond donors (Lipinski definition) is 2. The summed E-state index contributed by atoms with van der Waals surface area (Å²) in [5.74, 6) is 1.18. The van der Waals surface area contributed by atoms with E-state index in [4.69, 9.17) is 4.74 Å². The number of amides is 1. The third-order valence-corrected chi connectivity index (χ3v) is 4.05. The molecule has 1 aromatic heterocycles. The van der Waals surface area contributed by atoms with Gasteiger partial charge in [-0.1, -0.05) is 24.3 Å². The maximum Gasteiger partial charge on any atom is 0.262 e. The SMILES string of the molecule is COc1ccccc1N1C(=O)c2ccccc2NC1c1ncc[nH]1. The molecule has 120 valence electrons. The van der Waals surface area contributed by atoms with E-state index in [1.165, 1.54) is 0 Å². The van der Waals surface area contributed by atoms with Crippen LogP contribution in [0.5, 0.6) is 5.75 Å². The van der Waals surface area contributed by atoms with Gasteiger partial charge in [-0.2, -0.15) is 0 Å². The maximum absolute atomic E-state index is 13.2. The topological polar surface area (TPSA) is 70.2 Å². The second-order valence-electron chi connectivity index (χ2n) is 5.41. The predicted octanol–water partition coefficient (Wildman–Crippen LogP) is 3.19. The van der Waals surface area contributed by atoms with E-state index in [-0.39, 0.29) is 5.91 Å². The van der Waals surface area contributed by atoms with Gasteiger partial charge in [0.15, 0.2) is 6.17 Å². The Bertz CT molecular complexity index is 876. The molecule has 2 N–H and O–H groups in total. The molecule has 2 aromatic carbocycles. The summed E-state index contributed by atoms with van der Waals surface area (Å²) >= 11 is 0. The molecule has 3 aromatic rings. The summed E-state index contributed by atoms with van der Waals surface area (Å²) in [5, 5.41) is 3.39. The first-order valence-corrected chi connectivity index (χ1v) is 7.61. The predicted molar refractivity (Wildman–Crippen MR) is 91.2 cm³/mol. The zero-order chi connectivity index (χ0) is 16.5. The largest absolute Gasteiger partial charge is 0.495 e. The van der Waals surface area contributed by atoms with Gasteiger partial charge < -0.3 is 15.0 Å². The van der Waals surface area contributed by atoms with E-state index < -0.39 is 6.17 Å². The van der Waals surface area contributed by atoms with Crippen molar-refractivity contribution in [1.82, 2.24) is 9.97 Å². The standard InChI is InChI=1S/C18H16N4O2/c1-24-15-9-5-4-8-14(15)22-17(16-19-10-11-20-16)21-13-7-3-2-6-12(13)18(22)23/h2-11,17,21H,1H3,(H,19,20). The van der Waals surface area contributed by atoms with Gasteiger partial charge in [0.2, 0.25) is 0 Å². The average molecular weight is 320 g/mol. The van der Waals surface area contributed by atoms with Gasteiger partial charge in [0, 0.05) is 18.1 Å². The van der Waals surface area contributed by atoms with Crippen LogP contribution < -0.4 is 15.0 Å². The molecule has 0 bridgehead atoms. The van der Waals surface area contributed by atoms with E-state index in [1.54, 1.807) is 24.4 Å². The third kappa shape index (κ3) is 2.20. The average Bonchev–Trinajstić information content (AvgIpc) is 3.16. The Balaban J connectivity index is 1.89. The number of carbonyl (C=O) groups excluding carboxylic acids is 1. The quantitative estimate of drug-likeness (QED) is 0.777. The Morgan fingerprint density at radius 3 is 2.71 bits per heavy atom. The summed E-state index contributed by atoms with van der Waals surface area (Å²) in [5.41, 5.74) is 2.09. The molecule has 0 saturated carbocycles. The van der Waals surface area contributed by atoms with Gasteiger partial charge in [-0.15, -0.1) is 0 Å². The number of methoxy groups -OCH3 is 1. The van der Waals surface area contributed by atoms with Crippen molar-refractivity contribution < 1.29 is 9.53 Å². The fraction of sp³-hybridized carbons (Fsp3) is 0.111. The van der Waals surface area contributed by atoms with Gasteiger partial charge in [-0.05, 0) is 24.3 Å². The Hall–Kier alpha value is -3.28. The number of rotatable bonds is 3. The van der Waals surface area contributed by atoms with Crippen molar-refractivity contribution in [2.75, 3.05) is 17.3 Å². The fourth-order valence-corrected chi connectivity index (χ4v) is 2.95. The van der Waals surface area contributed by atoms with E-state index >= 15 is 0 Å². The van der Waals surface area contributed by atoms with Crippen LogP contribution in [-0.4, -0.2) is 23.0 Å². The van der Waals surface area contributed by atoms with Crippen LogP contribution in [0.2, 0.25) is 0 Å². The highest BCUT2D eigenvalue weighted by molar-refractivity contribution is 6.12. The van der Waals surface area contributed by atoms with Crippen molar-refractivity contribution >= 4 is 17.3 Å². The minimum absolute atomic E-state index is 0.102. The van der Waals surface area contributed by atoms with E-state index in [9.17, 15) is 4.79 Å². The van der Waals surface area contributed by atoms with Crippen molar-refractivity contribution in [3.8, 4) is 5.75 Å². The third-order valence-electron chi connectivity index (χ3n) is 4.05. The number of nitrogens with one attached hydrogen (secondary N) is 2. The number of nitrogens with zero attached hydrogens (tertiary/aromatic N) is 2. The lowest BCUT2D eigenvalue weighted by atomic mass is 10.1. The molecule has 2 heterocycles. The molecular weight excluding hydrogens is 304 g/mol. The molecule has 0 aliphatic carbocycles. The molecule has 1 amide bonds. The zero-order valence-corrected chi connectivity index (χ0v) is 13.1. The number of H-pyrrole nitrogens is 1. The van der Waals surface area contributed by atoms with Crippen LogP contribution in [0.3, 0.4) is 0 Å². The summed E-state index contributed by atoms with van der Waals surface area (Å²) < 4.78 is 5.45. The summed E-state index contributed by atoms with van der Waals surface area (Å²) in [6.07, 6.45) is 2.96. The molecule has 1 atom stereocenters. The Kier molecular flexibility index (Phi) is 3.42. The highest BCUT2D eigenvalue weighted by Gasteiger charge is 2.36. The van der Waals surface area contributed by atoms with Gasteiger partial charge in [0.05, 0.1) is 18.4 Å². The number of benzene rings is 2. The van der Waals surface area contributed by atoms with E-state index in [1.807, 2.05) is 48.5 Å². The normalized spacial score (nSPS) is 16.5. The summed E-state index contributed by atoms with van der Waals surface area (Å²) in [4.78, 5) is 22.3. The minimum atomic E-state index is -0.446. The van der Waals surface area contributed by atoms with Crippen molar-refractivity contribution in [1.29, 1.82) is 0 Å². The maximum atomic E-state index is 13.2. The number of imidazole rings is 1. The van der Waals surface area contributed by atoms with Crippen LogP contribution in [0, 0.1) is 0 Å². The summed E-state index contributed by atoms with van der Waals surface area (Å²) in [7, 11) is 1.59. The molecule has 6 heteroatoms. The van der Waals surface area contributed by atoms with Gasteiger partial charge in [-0.25, -0.2) is 4.98 Å². The highest BCUT2D eigenvalue weighted by Crippen LogP contribution is 2.39. The monoisotopic (exact) mass is 320 g/mol. The second kappa shape index (κ2) is 5.73. The molecule has 1 unspecified atom stereocenters. The van der Waals surface area contributed by atoms with Crippen LogP contribution in [0.1, 0.15) is 22.3 Å². The lowest BCUT2D eigenvalue weighted by molar-refractivity contribution is 0.0973. The molecule has 0 fully saturated rings. The molecule has 1 aliphatic rings. The van der Waals surface area contributed by atoms with Gasteiger partial charge >= 0.3 is 0 Å². The number of carbonyl (C=O) groups is 1. The Morgan fingerprint density at radius 1 is 1.12 bits per heavy atom. The molecule has 4 rings (SSSR count).